The van der Waals surface area contributed by atoms with Crippen LogP contribution >= 0.6 is 0 Å². The second-order valence-corrected chi connectivity index (χ2v) is 7.37. The van der Waals surface area contributed by atoms with E-state index in [2.05, 4.69) is 10.3 Å². The molecule has 154 valence electrons. The van der Waals surface area contributed by atoms with E-state index < -0.39 is 12.1 Å². The summed E-state index contributed by atoms with van der Waals surface area (Å²) in [4.78, 5) is 31.5. The molecule has 3 heterocycles. The van der Waals surface area contributed by atoms with E-state index in [-0.39, 0.29) is 17.5 Å². The number of rotatable bonds is 4. The fraction of sp³-hybridized carbons (Fsp3) is 0.476. The number of oxazole rings is 1. The number of amides is 2. The highest BCUT2D eigenvalue weighted by Crippen LogP contribution is 2.25. The Morgan fingerprint density at radius 2 is 2.10 bits per heavy atom. The molecule has 1 saturated heterocycles. The van der Waals surface area contributed by atoms with Crippen LogP contribution in [0, 0.1) is 6.92 Å². The first kappa shape index (κ1) is 19.4. The minimum Gasteiger partial charge on any atom is -0.491 e. The summed E-state index contributed by atoms with van der Waals surface area (Å²) in [5.41, 5.74) is 1.22. The first-order chi connectivity index (χ1) is 14.0. The molecule has 0 radical (unpaired) electrons. The molecule has 8 nitrogen and oxygen atoms in total. The Kier molecular flexibility index (Phi) is 5.53. The number of carbonyl (C=O) groups is 2. The Bertz CT molecular complexity index is 903. The fourth-order valence-electron chi connectivity index (χ4n) is 3.60. The second kappa shape index (κ2) is 8.24. The Morgan fingerprint density at radius 3 is 2.90 bits per heavy atom. The summed E-state index contributed by atoms with van der Waals surface area (Å²) in [6, 6.07) is 7.23. The minimum absolute atomic E-state index is 0.181. The molecule has 8 heteroatoms. The van der Waals surface area contributed by atoms with Crippen LogP contribution in [0.25, 0.3) is 0 Å². The van der Waals surface area contributed by atoms with Crippen LogP contribution in [-0.4, -0.2) is 47.6 Å². The summed E-state index contributed by atoms with van der Waals surface area (Å²) in [5.74, 6) is 1.15. The van der Waals surface area contributed by atoms with Crippen LogP contribution < -0.4 is 10.1 Å². The van der Waals surface area contributed by atoms with Crippen molar-refractivity contribution < 1.29 is 23.5 Å². The van der Waals surface area contributed by atoms with Gasteiger partial charge >= 0.3 is 0 Å². The number of nitrogens with zero attached hydrogens (tertiary/aromatic N) is 2. The fourth-order valence-corrected chi connectivity index (χ4v) is 3.60. The smallest absolute Gasteiger partial charge is 0.276 e. The monoisotopic (exact) mass is 399 g/mol. The zero-order chi connectivity index (χ0) is 20.4. The number of nitrogens with one attached hydrogen (secondary N) is 1. The average molecular weight is 399 g/mol. The van der Waals surface area contributed by atoms with Crippen LogP contribution in [0.5, 0.6) is 5.75 Å². The molecule has 1 N–H and O–H groups in total. The molecule has 4 rings (SSSR count). The second-order valence-electron chi connectivity index (χ2n) is 7.37. The van der Waals surface area contributed by atoms with Crippen molar-refractivity contribution in [2.45, 2.75) is 45.4 Å². The molecule has 0 bridgehead atoms. The van der Waals surface area contributed by atoms with E-state index in [4.69, 9.17) is 13.9 Å². The van der Waals surface area contributed by atoms with Crippen LogP contribution in [0.1, 0.15) is 53.5 Å². The number of hydrogen-bond acceptors (Lipinski definition) is 6. The van der Waals surface area contributed by atoms with E-state index in [1.165, 1.54) is 0 Å². The number of aromatic nitrogens is 1. The molecule has 1 fully saturated rings. The predicted octanol–water partition coefficient (Wildman–Crippen LogP) is 2.37. The molecule has 29 heavy (non-hydrogen) atoms. The molecule has 2 aliphatic rings. The molecule has 0 saturated carbocycles. The quantitative estimate of drug-likeness (QED) is 0.848. The lowest BCUT2D eigenvalue weighted by Gasteiger charge is -2.18. The van der Waals surface area contributed by atoms with E-state index in [1.807, 2.05) is 24.3 Å². The first-order valence-electron chi connectivity index (χ1n) is 9.92. The Morgan fingerprint density at radius 1 is 1.28 bits per heavy atom. The highest BCUT2D eigenvalue weighted by molar-refractivity contribution is 5.93. The van der Waals surface area contributed by atoms with Crippen molar-refractivity contribution in [1.29, 1.82) is 0 Å². The van der Waals surface area contributed by atoms with Gasteiger partial charge in [-0.2, -0.15) is 0 Å². The Hall–Kier alpha value is -2.87. The maximum atomic E-state index is 13.1. The average Bonchev–Trinajstić information content (AvgIpc) is 3.33. The maximum absolute atomic E-state index is 13.1. The molecule has 2 amide bonds. The Balaban J connectivity index is 1.47. The van der Waals surface area contributed by atoms with Crippen molar-refractivity contribution in [2.75, 3.05) is 19.8 Å². The van der Waals surface area contributed by atoms with Crippen LogP contribution in [0.2, 0.25) is 0 Å². The van der Waals surface area contributed by atoms with Gasteiger partial charge in [0.1, 0.15) is 30.3 Å². The van der Waals surface area contributed by atoms with E-state index in [0.29, 0.717) is 44.4 Å². The zero-order valence-electron chi connectivity index (χ0n) is 16.6. The van der Waals surface area contributed by atoms with Crippen molar-refractivity contribution in [2.24, 2.45) is 0 Å². The van der Waals surface area contributed by atoms with Gasteiger partial charge in [-0.15, -0.1) is 0 Å². The third-order valence-corrected chi connectivity index (χ3v) is 5.21. The summed E-state index contributed by atoms with van der Waals surface area (Å²) in [7, 11) is 0. The largest absolute Gasteiger partial charge is 0.491 e. The van der Waals surface area contributed by atoms with Crippen LogP contribution in [0.4, 0.5) is 0 Å². The molecule has 2 aromatic rings. The molecule has 2 atom stereocenters. The number of fused-ring (bicyclic) bond motifs is 1. The molecule has 0 aliphatic carbocycles. The number of benzene rings is 1. The van der Waals surface area contributed by atoms with Gasteiger partial charge in [-0.3, -0.25) is 9.59 Å². The topological polar surface area (TPSA) is 93.9 Å². The maximum Gasteiger partial charge on any atom is 0.276 e. The third kappa shape index (κ3) is 4.12. The number of para-hydroxylation sites is 1. The van der Waals surface area contributed by atoms with Gasteiger partial charge in [0.05, 0.1) is 6.54 Å². The van der Waals surface area contributed by atoms with Crippen molar-refractivity contribution >= 4 is 11.8 Å². The summed E-state index contributed by atoms with van der Waals surface area (Å²) in [6.07, 6.45) is 1.17. The molecular weight excluding hydrogens is 374 g/mol. The van der Waals surface area contributed by atoms with Gasteiger partial charge in [0, 0.05) is 18.7 Å². The summed E-state index contributed by atoms with van der Waals surface area (Å²) >= 11 is 0. The molecule has 0 spiro atoms. The van der Waals surface area contributed by atoms with Crippen LogP contribution in [0.15, 0.2) is 28.7 Å². The lowest BCUT2D eigenvalue weighted by atomic mass is 10.2. The zero-order valence-corrected chi connectivity index (χ0v) is 16.6. The van der Waals surface area contributed by atoms with Gasteiger partial charge in [-0.1, -0.05) is 18.2 Å². The van der Waals surface area contributed by atoms with Crippen molar-refractivity contribution in [3.63, 3.8) is 0 Å². The summed E-state index contributed by atoms with van der Waals surface area (Å²) in [6.45, 7) is 5.41. The van der Waals surface area contributed by atoms with Crippen molar-refractivity contribution in [1.82, 2.24) is 15.2 Å². The van der Waals surface area contributed by atoms with Crippen LogP contribution in [-0.2, 0) is 16.1 Å². The normalized spacial score (nSPS) is 19.8. The van der Waals surface area contributed by atoms with Gasteiger partial charge < -0.3 is 24.1 Å². The van der Waals surface area contributed by atoms with Gasteiger partial charge in [-0.25, -0.2) is 4.98 Å². The summed E-state index contributed by atoms with van der Waals surface area (Å²) < 4.78 is 16.8. The first-order valence-corrected chi connectivity index (χ1v) is 9.92. The van der Waals surface area contributed by atoms with Crippen LogP contribution in [0.3, 0.4) is 0 Å². The molecular formula is C21H25N3O5. The minimum atomic E-state index is -0.458. The molecule has 0 unspecified atom stereocenters. The third-order valence-electron chi connectivity index (χ3n) is 5.21. The number of hydrogen-bond donors (Lipinski definition) is 1. The number of carbonyl (C=O) groups excluding carboxylic acids is 2. The highest BCUT2D eigenvalue weighted by Gasteiger charge is 2.29. The van der Waals surface area contributed by atoms with Gasteiger partial charge in [0.25, 0.3) is 5.91 Å². The lowest BCUT2D eigenvalue weighted by Crippen LogP contribution is -2.36. The standard InChI is InChI=1S/C21H25N3O5/c1-13(22-19(25)17-8-5-10-27-17)20-23-18(14(2)29-20)21(26)24-9-11-28-16-7-4-3-6-15(16)12-24/h3-4,6-7,13,17H,5,8-12H2,1-2H3,(H,22,25)/t13-,17-/m0/s1. The van der Waals surface area contributed by atoms with E-state index >= 15 is 0 Å². The number of aryl methyl sites for hydroxylation is 1. The molecule has 1 aromatic heterocycles. The van der Waals surface area contributed by atoms with Gasteiger partial charge in [0.15, 0.2) is 5.69 Å². The van der Waals surface area contributed by atoms with E-state index in [9.17, 15) is 9.59 Å². The van der Waals surface area contributed by atoms with E-state index in [1.54, 1.807) is 18.7 Å². The van der Waals surface area contributed by atoms with Gasteiger partial charge in [0.2, 0.25) is 11.8 Å². The summed E-state index contributed by atoms with van der Waals surface area (Å²) in [5, 5.41) is 2.86. The van der Waals surface area contributed by atoms with E-state index in [0.717, 1.165) is 17.7 Å². The highest BCUT2D eigenvalue weighted by atomic mass is 16.5. The van der Waals surface area contributed by atoms with Crippen molar-refractivity contribution in [3.8, 4) is 5.75 Å². The molecule has 1 aromatic carbocycles. The predicted molar refractivity (Wildman–Crippen MR) is 103 cm³/mol. The molecule has 2 aliphatic heterocycles. The SMILES string of the molecule is Cc1oc([C@H](C)NC(=O)[C@@H]2CCCO2)nc1C(=O)N1CCOc2ccccc2C1. The lowest BCUT2D eigenvalue weighted by molar-refractivity contribution is -0.130. The van der Waals surface area contributed by atoms with Gasteiger partial charge in [-0.05, 0) is 32.8 Å². The number of ether oxygens (including phenoxy) is 2. The Labute approximate surface area is 169 Å². The van der Waals surface area contributed by atoms with Crippen molar-refractivity contribution in [3.05, 3.63) is 47.2 Å².